The lowest BCUT2D eigenvalue weighted by atomic mass is 10.2. The number of amides is 1. The minimum atomic E-state index is -0.0856. The molecule has 0 saturated carbocycles. The van der Waals surface area contributed by atoms with E-state index >= 15 is 0 Å². The van der Waals surface area contributed by atoms with Gasteiger partial charge in [-0.25, -0.2) is 9.97 Å². The SMILES string of the molecule is CCNc1cnc(C(=O)N2C[C@@H](C)O[C@@H](C)C2)cn1. The zero-order valence-electron chi connectivity index (χ0n) is 11.6. The van der Waals surface area contributed by atoms with Crippen molar-refractivity contribution < 1.29 is 9.53 Å². The molecule has 6 nitrogen and oxygen atoms in total. The van der Waals surface area contributed by atoms with Crippen molar-refractivity contribution in [1.29, 1.82) is 0 Å². The van der Waals surface area contributed by atoms with Crippen molar-refractivity contribution in [2.75, 3.05) is 25.0 Å². The van der Waals surface area contributed by atoms with Crippen LogP contribution in [-0.2, 0) is 4.74 Å². The van der Waals surface area contributed by atoms with Crippen LogP contribution in [0, 0.1) is 0 Å². The molecule has 0 radical (unpaired) electrons. The van der Waals surface area contributed by atoms with Gasteiger partial charge in [0.1, 0.15) is 11.5 Å². The highest BCUT2D eigenvalue weighted by Gasteiger charge is 2.27. The summed E-state index contributed by atoms with van der Waals surface area (Å²) in [4.78, 5) is 22.4. The maximum atomic E-state index is 12.3. The standard InChI is InChI=1S/C13H20N4O2/c1-4-14-12-6-15-11(5-16-12)13(18)17-7-9(2)19-10(3)8-17/h5-6,9-10H,4,7-8H2,1-3H3,(H,14,16)/t9-,10+. The zero-order chi connectivity index (χ0) is 13.8. The van der Waals surface area contributed by atoms with Crippen molar-refractivity contribution in [1.82, 2.24) is 14.9 Å². The van der Waals surface area contributed by atoms with E-state index in [-0.39, 0.29) is 18.1 Å². The molecule has 0 unspecified atom stereocenters. The summed E-state index contributed by atoms with van der Waals surface area (Å²) < 4.78 is 5.61. The van der Waals surface area contributed by atoms with Crippen molar-refractivity contribution in [3.8, 4) is 0 Å². The van der Waals surface area contributed by atoms with Gasteiger partial charge in [-0.1, -0.05) is 0 Å². The maximum absolute atomic E-state index is 12.3. The Morgan fingerprint density at radius 2 is 2.05 bits per heavy atom. The molecule has 1 aromatic rings. The first-order valence-electron chi connectivity index (χ1n) is 6.60. The van der Waals surface area contributed by atoms with Crippen molar-refractivity contribution >= 4 is 11.7 Å². The Balaban J connectivity index is 2.06. The second-order valence-electron chi connectivity index (χ2n) is 4.78. The van der Waals surface area contributed by atoms with Crippen LogP contribution in [0.4, 0.5) is 5.82 Å². The molecule has 0 bridgehead atoms. The Bertz CT molecular complexity index is 425. The third kappa shape index (κ3) is 3.41. The van der Waals surface area contributed by atoms with E-state index < -0.39 is 0 Å². The van der Waals surface area contributed by atoms with Crippen LogP contribution in [0.15, 0.2) is 12.4 Å². The molecule has 1 aromatic heterocycles. The monoisotopic (exact) mass is 264 g/mol. The van der Waals surface area contributed by atoms with Gasteiger partial charge in [0.15, 0.2) is 0 Å². The summed E-state index contributed by atoms with van der Waals surface area (Å²) in [5.74, 6) is 0.598. The highest BCUT2D eigenvalue weighted by atomic mass is 16.5. The predicted octanol–water partition coefficient (Wildman–Crippen LogP) is 1.16. The largest absolute Gasteiger partial charge is 0.372 e. The molecule has 19 heavy (non-hydrogen) atoms. The molecule has 1 fully saturated rings. The van der Waals surface area contributed by atoms with Crippen molar-refractivity contribution in [2.24, 2.45) is 0 Å². The Hall–Kier alpha value is -1.69. The number of hydrogen-bond donors (Lipinski definition) is 1. The van der Waals surface area contributed by atoms with E-state index in [1.165, 1.54) is 6.20 Å². The van der Waals surface area contributed by atoms with Crippen molar-refractivity contribution in [3.63, 3.8) is 0 Å². The summed E-state index contributed by atoms with van der Waals surface area (Å²) in [6, 6.07) is 0. The Labute approximate surface area is 113 Å². The number of anilines is 1. The van der Waals surface area contributed by atoms with Crippen molar-refractivity contribution in [2.45, 2.75) is 33.0 Å². The first kappa shape index (κ1) is 13.7. The summed E-state index contributed by atoms with van der Waals surface area (Å²) in [5, 5.41) is 3.05. The third-order valence-corrected chi connectivity index (χ3v) is 2.94. The predicted molar refractivity (Wildman–Crippen MR) is 72.1 cm³/mol. The number of rotatable bonds is 3. The number of hydrogen-bond acceptors (Lipinski definition) is 5. The van der Waals surface area contributed by atoms with Gasteiger partial charge in [0, 0.05) is 19.6 Å². The molecule has 0 aliphatic carbocycles. The first-order chi connectivity index (χ1) is 9.10. The van der Waals surface area contributed by atoms with Crippen LogP contribution in [0.25, 0.3) is 0 Å². The number of ether oxygens (including phenoxy) is 1. The molecule has 0 aromatic carbocycles. The summed E-state index contributed by atoms with van der Waals surface area (Å²) in [7, 11) is 0. The molecular weight excluding hydrogens is 244 g/mol. The van der Waals surface area contributed by atoms with Crippen LogP contribution >= 0.6 is 0 Å². The Morgan fingerprint density at radius 1 is 1.37 bits per heavy atom. The molecule has 1 amide bonds. The molecule has 1 aliphatic rings. The van der Waals surface area contributed by atoms with E-state index in [9.17, 15) is 4.79 Å². The minimum Gasteiger partial charge on any atom is -0.372 e. The molecular formula is C13H20N4O2. The molecule has 1 saturated heterocycles. The molecule has 0 spiro atoms. The Morgan fingerprint density at radius 3 is 2.58 bits per heavy atom. The lowest BCUT2D eigenvalue weighted by molar-refractivity contribution is -0.0587. The molecule has 2 atom stereocenters. The van der Waals surface area contributed by atoms with Gasteiger partial charge in [0.2, 0.25) is 0 Å². The number of nitrogens with zero attached hydrogens (tertiary/aromatic N) is 3. The number of carbonyl (C=O) groups is 1. The minimum absolute atomic E-state index is 0.0571. The lowest BCUT2D eigenvalue weighted by Gasteiger charge is -2.35. The summed E-state index contributed by atoms with van der Waals surface area (Å²) >= 11 is 0. The normalized spacial score (nSPS) is 23.2. The average molecular weight is 264 g/mol. The number of nitrogens with one attached hydrogen (secondary N) is 1. The van der Waals surface area contributed by atoms with Crippen LogP contribution in [0.2, 0.25) is 0 Å². The highest BCUT2D eigenvalue weighted by Crippen LogP contribution is 2.13. The topological polar surface area (TPSA) is 67.4 Å². The van der Waals surface area contributed by atoms with Crippen molar-refractivity contribution in [3.05, 3.63) is 18.1 Å². The number of morpholine rings is 1. The lowest BCUT2D eigenvalue weighted by Crippen LogP contribution is -2.48. The molecule has 1 N–H and O–H groups in total. The van der Waals surface area contributed by atoms with Gasteiger partial charge in [0.05, 0.1) is 24.6 Å². The van der Waals surface area contributed by atoms with E-state index in [0.29, 0.717) is 24.6 Å². The van der Waals surface area contributed by atoms with E-state index in [0.717, 1.165) is 6.54 Å². The summed E-state index contributed by atoms with van der Waals surface area (Å²) in [6.07, 6.45) is 3.22. The zero-order valence-corrected chi connectivity index (χ0v) is 11.6. The molecule has 6 heteroatoms. The van der Waals surface area contributed by atoms with Gasteiger partial charge in [-0.05, 0) is 20.8 Å². The van der Waals surface area contributed by atoms with E-state index in [1.807, 2.05) is 20.8 Å². The first-order valence-corrected chi connectivity index (χ1v) is 6.60. The fourth-order valence-electron chi connectivity index (χ4n) is 2.22. The summed E-state index contributed by atoms with van der Waals surface area (Å²) in [6.45, 7) is 7.89. The quantitative estimate of drug-likeness (QED) is 0.887. The number of carbonyl (C=O) groups excluding carboxylic acids is 1. The average Bonchev–Trinajstić information content (AvgIpc) is 2.38. The second-order valence-corrected chi connectivity index (χ2v) is 4.78. The second kappa shape index (κ2) is 5.97. The van der Waals surface area contributed by atoms with E-state index in [4.69, 9.17) is 4.74 Å². The molecule has 2 rings (SSSR count). The van der Waals surface area contributed by atoms with Crippen LogP contribution in [-0.4, -0.2) is 52.6 Å². The van der Waals surface area contributed by atoms with Crippen LogP contribution in [0.5, 0.6) is 0 Å². The van der Waals surface area contributed by atoms with Crippen LogP contribution in [0.3, 0.4) is 0 Å². The highest BCUT2D eigenvalue weighted by molar-refractivity contribution is 5.92. The third-order valence-electron chi connectivity index (χ3n) is 2.94. The maximum Gasteiger partial charge on any atom is 0.274 e. The van der Waals surface area contributed by atoms with Gasteiger partial charge >= 0.3 is 0 Å². The van der Waals surface area contributed by atoms with E-state index in [1.54, 1.807) is 11.1 Å². The van der Waals surface area contributed by atoms with Crippen LogP contribution in [0.1, 0.15) is 31.3 Å². The number of aromatic nitrogens is 2. The van der Waals surface area contributed by atoms with Gasteiger partial charge in [-0.3, -0.25) is 4.79 Å². The van der Waals surface area contributed by atoms with Gasteiger partial charge < -0.3 is 15.0 Å². The molecule has 1 aliphatic heterocycles. The molecule has 2 heterocycles. The molecule has 104 valence electrons. The van der Waals surface area contributed by atoms with Gasteiger partial charge in [0.25, 0.3) is 5.91 Å². The fourth-order valence-corrected chi connectivity index (χ4v) is 2.22. The summed E-state index contributed by atoms with van der Waals surface area (Å²) in [5.41, 5.74) is 0.378. The van der Waals surface area contributed by atoms with E-state index in [2.05, 4.69) is 15.3 Å². The fraction of sp³-hybridized carbons (Fsp3) is 0.615. The smallest absolute Gasteiger partial charge is 0.274 e. The van der Waals surface area contributed by atoms with Crippen LogP contribution < -0.4 is 5.32 Å². The van der Waals surface area contributed by atoms with Gasteiger partial charge in [-0.15, -0.1) is 0 Å². The Kier molecular flexibility index (Phi) is 4.31. The van der Waals surface area contributed by atoms with Gasteiger partial charge in [-0.2, -0.15) is 0 Å².